The van der Waals surface area contributed by atoms with Crippen molar-refractivity contribution in [2.24, 2.45) is 0 Å². The van der Waals surface area contributed by atoms with Gasteiger partial charge in [0.15, 0.2) is 5.82 Å². The molecule has 22 heavy (non-hydrogen) atoms. The number of aromatic amines is 1. The van der Waals surface area contributed by atoms with Crippen molar-refractivity contribution in [3.8, 4) is 6.07 Å². The van der Waals surface area contributed by atoms with Crippen molar-refractivity contribution in [2.75, 3.05) is 5.32 Å². The number of benzene rings is 1. The molecule has 1 amide bonds. The second kappa shape index (κ2) is 5.86. The summed E-state index contributed by atoms with van der Waals surface area (Å²) in [5, 5.41) is 19.0. The molecule has 0 unspecified atom stereocenters. The molecule has 5 nitrogen and oxygen atoms in total. The predicted octanol–water partition coefficient (Wildman–Crippen LogP) is 3.12. The van der Waals surface area contributed by atoms with Gasteiger partial charge in [0.25, 0.3) is 0 Å². The van der Waals surface area contributed by atoms with Crippen LogP contribution >= 0.6 is 0 Å². The summed E-state index contributed by atoms with van der Waals surface area (Å²) in [6, 6.07) is 9.24. The fourth-order valence-electron chi connectivity index (χ4n) is 2.37. The number of H-pyrrole nitrogens is 1. The maximum atomic E-state index is 12.0. The molecule has 0 atom stereocenters. The first-order valence-electron chi connectivity index (χ1n) is 7.22. The summed E-state index contributed by atoms with van der Waals surface area (Å²) in [6.07, 6.45) is 5.42. The number of nitrogens with one attached hydrogen (secondary N) is 2. The highest BCUT2D eigenvalue weighted by molar-refractivity contribution is 6.02. The summed E-state index contributed by atoms with van der Waals surface area (Å²) in [5.41, 5.74) is 3.38. The standard InChI is InChI=1S/C17H16N4O/c1-11-16(13-6-7-13)20-21-17(11)19-15(22)9-8-12-4-2-3-5-14(12)10-18/h2-5,8-9,13H,6-7H2,1H3,(H2,19,20,21,22)/b9-8+. The second-order valence-corrected chi connectivity index (χ2v) is 5.41. The van der Waals surface area contributed by atoms with Crippen LogP contribution in [-0.2, 0) is 4.79 Å². The van der Waals surface area contributed by atoms with Crippen LogP contribution in [0.2, 0.25) is 0 Å². The number of hydrogen-bond donors (Lipinski definition) is 2. The Kier molecular flexibility index (Phi) is 3.75. The van der Waals surface area contributed by atoms with E-state index in [1.165, 1.54) is 18.9 Å². The highest BCUT2D eigenvalue weighted by Crippen LogP contribution is 2.41. The number of amides is 1. The van der Waals surface area contributed by atoms with E-state index in [1.807, 2.05) is 13.0 Å². The number of nitriles is 1. The SMILES string of the molecule is Cc1c(NC(=O)/C=C/c2ccccc2C#N)n[nH]c1C1CC1. The average molecular weight is 292 g/mol. The molecule has 2 aromatic rings. The zero-order chi connectivity index (χ0) is 15.5. The third kappa shape index (κ3) is 2.91. The molecule has 0 aliphatic heterocycles. The third-order valence-electron chi connectivity index (χ3n) is 3.77. The molecule has 5 heteroatoms. The van der Waals surface area contributed by atoms with Crippen LogP contribution in [0.25, 0.3) is 6.08 Å². The van der Waals surface area contributed by atoms with Gasteiger partial charge in [0, 0.05) is 23.3 Å². The van der Waals surface area contributed by atoms with Gasteiger partial charge < -0.3 is 5.32 Å². The van der Waals surface area contributed by atoms with E-state index >= 15 is 0 Å². The first-order valence-corrected chi connectivity index (χ1v) is 7.22. The van der Waals surface area contributed by atoms with Gasteiger partial charge >= 0.3 is 0 Å². The number of aromatic nitrogens is 2. The number of nitrogens with zero attached hydrogens (tertiary/aromatic N) is 2. The van der Waals surface area contributed by atoms with Gasteiger partial charge in [0.05, 0.1) is 11.6 Å². The monoisotopic (exact) mass is 292 g/mol. The topological polar surface area (TPSA) is 81.6 Å². The summed E-state index contributed by atoms with van der Waals surface area (Å²) in [4.78, 5) is 12.0. The third-order valence-corrected chi connectivity index (χ3v) is 3.77. The Morgan fingerprint density at radius 1 is 1.45 bits per heavy atom. The average Bonchev–Trinajstić information content (AvgIpc) is 3.31. The van der Waals surface area contributed by atoms with Gasteiger partial charge in [-0.25, -0.2) is 0 Å². The number of rotatable bonds is 4. The number of anilines is 1. The van der Waals surface area contributed by atoms with Crippen LogP contribution in [0, 0.1) is 18.3 Å². The van der Waals surface area contributed by atoms with E-state index in [0.29, 0.717) is 17.3 Å². The second-order valence-electron chi connectivity index (χ2n) is 5.41. The number of hydrogen-bond acceptors (Lipinski definition) is 3. The van der Waals surface area contributed by atoms with Crippen LogP contribution in [0.1, 0.15) is 41.1 Å². The molecule has 1 saturated carbocycles. The van der Waals surface area contributed by atoms with Crippen LogP contribution in [-0.4, -0.2) is 16.1 Å². The summed E-state index contributed by atoms with van der Waals surface area (Å²) < 4.78 is 0. The molecule has 2 N–H and O–H groups in total. The van der Waals surface area contributed by atoms with Crippen molar-refractivity contribution in [1.29, 1.82) is 5.26 Å². The number of carbonyl (C=O) groups excluding carboxylic acids is 1. The van der Waals surface area contributed by atoms with Crippen molar-refractivity contribution in [1.82, 2.24) is 10.2 Å². The van der Waals surface area contributed by atoms with Crippen LogP contribution in [0.4, 0.5) is 5.82 Å². The molecular weight excluding hydrogens is 276 g/mol. The van der Waals surface area contributed by atoms with Crippen LogP contribution in [0.5, 0.6) is 0 Å². The molecule has 0 saturated heterocycles. The summed E-state index contributed by atoms with van der Waals surface area (Å²) in [6.45, 7) is 1.96. The van der Waals surface area contributed by atoms with E-state index in [0.717, 1.165) is 16.8 Å². The Morgan fingerprint density at radius 2 is 2.23 bits per heavy atom. The van der Waals surface area contributed by atoms with E-state index < -0.39 is 0 Å². The molecule has 1 heterocycles. The molecule has 0 bridgehead atoms. The van der Waals surface area contributed by atoms with E-state index in [2.05, 4.69) is 21.6 Å². The number of carbonyl (C=O) groups is 1. The molecule has 1 aliphatic carbocycles. The fraction of sp³-hybridized carbons (Fsp3) is 0.235. The van der Waals surface area contributed by atoms with Gasteiger partial charge in [-0.1, -0.05) is 18.2 Å². The van der Waals surface area contributed by atoms with E-state index in [9.17, 15) is 4.79 Å². The summed E-state index contributed by atoms with van der Waals surface area (Å²) >= 11 is 0. The molecule has 1 aromatic heterocycles. The minimum absolute atomic E-state index is 0.260. The minimum Gasteiger partial charge on any atom is -0.305 e. The van der Waals surface area contributed by atoms with Gasteiger partial charge in [0.1, 0.15) is 0 Å². The van der Waals surface area contributed by atoms with Crippen molar-refractivity contribution < 1.29 is 4.79 Å². The smallest absolute Gasteiger partial charge is 0.249 e. The van der Waals surface area contributed by atoms with Gasteiger partial charge in [-0.15, -0.1) is 0 Å². The zero-order valence-corrected chi connectivity index (χ0v) is 12.3. The lowest BCUT2D eigenvalue weighted by Gasteiger charge is -2.00. The van der Waals surface area contributed by atoms with Crippen molar-refractivity contribution in [3.63, 3.8) is 0 Å². The van der Waals surface area contributed by atoms with Gasteiger partial charge in [0.2, 0.25) is 5.91 Å². The Labute approximate surface area is 128 Å². The highest BCUT2D eigenvalue weighted by atomic mass is 16.1. The van der Waals surface area contributed by atoms with Crippen molar-refractivity contribution >= 4 is 17.8 Å². The van der Waals surface area contributed by atoms with Gasteiger partial charge in [-0.05, 0) is 37.5 Å². The quantitative estimate of drug-likeness (QED) is 0.849. The molecule has 0 radical (unpaired) electrons. The molecule has 110 valence electrons. The van der Waals surface area contributed by atoms with E-state index in [-0.39, 0.29) is 5.91 Å². The molecule has 3 rings (SSSR count). The van der Waals surface area contributed by atoms with Crippen LogP contribution in [0.15, 0.2) is 30.3 Å². The maximum absolute atomic E-state index is 12.0. The van der Waals surface area contributed by atoms with Gasteiger partial charge in [-0.3, -0.25) is 9.89 Å². The largest absolute Gasteiger partial charge is 0.305 e. The normalized spacial score (nSPS) is 14.0. The molecule has 0 spiro atoms. The summed E-state index contributed by atoms with van der Waals surface area (Å²) in [7, 11) is 0. The first kappa shape index (κ1) is 14.1. The van der Waals surface area contributed by atoms with Crippen molar-refractivity contribution in [2.45, 2.75) is 25.7 Å². The Balaban J connectivity index is 1.70. The predicted molar refractivity (Wildman–Crippen MR) is 84.1 cm³/mol. The maximum Gasteiger partial charge on any atom is 0.249 e. The Hall–Kier alpha value is -2.87. The lowest BCUT2D eigenvalue weighted by molar-refractivity contribution is -0.111. The van der Waals surface area contributed by atoms with Gasteiger partial charge in [-0.2, -0.15) is 10.4 Å². The van der Waals surface area contributed by atoms with E-state index in [1.54, 1.807) is 24.3 Å². The highest BCUT2D eigenvalue weighted by Gasteiger charge is 2.28. The zero-order valence-electron chi connectivity index (χ0n) is 12.3. The van der Waals surface area contributed by atoms with Crippen LogP contribution in [0.3, 0.4) is 0 Å². The lowest BCUT2D eigenvalue weighted by Crippen LogP contribution is -2.09. The molecule has 1 aliphatic rings. The lowest BCUT2D eigenvalue weighted by atomic mass is 10.1. The molecule has 1 aromatic carbocycles. The molecule has 1 fully saturated rings. The van der Waals surface area contributed by atoms with Crippen molar-refractivity contribution in [3.05, 3.63) is 52.7 Å². The Morgan fingerprint density at radius 3 is 2.95 bits per heavy atom. The Bertz CT molecular complexity index is 778. The van der Waals surface area contributed by atoms with E-state index in [4.69, 9.17) is 5.26 Å². The molecular formula is C17H16N4O. The summed E-state index contributed by atoms with van der Waals surface area (Å²) in [5.74, 6) is 0.881. The first-order chi connectivity index (χ1) is 10.7. The fourth-order valence-corrected chi connectivity index (χ4v) is 2.37. The minimum atomic E-state index is -0.260. The van der Waals surface area contributed by atoms with Crippen LogP contribution < -0.4 is 5.32 Å².